The van der Waals surface area contributed by atoms with Gasteiger partial charge in [0.05, 0.1) is 5.41 Å². The van der Waals surface area contributed by atoms with E-state index in [1.807, 2.05) is 0 Å². The molecule has 0 aromatic rings. The van der Waals surface area contributed by atoms with Crippen molar-refractivity contribution in [3.63, 3.8) is 0 Å². The molecule has 1 amide bonds. The van der Waals surface area contributed by atoms with Crippen molar-refractivity contribution in [2.45, 2.75) is 52.4 Å². The Labute approximate surface area is 123 Å². The molecule has 112 valence electrons. The van der Waals surface area contributed by atoms with Crippen molar-refractivity contribution in [3.05, 3.63) is 0 Å². The van der Waals surface area contributed by atoms with Crippen molar-refractivity contribution in [1.82, 2.24) is 10.6 Å². The van der Waals surface area contributed by atoms with Gasteiger partial charge in [-0.2, -0.15) is 0 Å². The Balaban J connectivity index is 0.00000180. The van der Waals surface area contributed by atoms with Gasteiger partial charge in [-0.25, -0.2) is 0 Å². The molecule has 0 radical (unpaired) electrons. The first-order chi connectivity index (χ1) is 8.64. The monoisotopic (exact) mass is 288 g/mol. The Kier molecular flexibility index (Phi) is 6.61. The SMILES string of the molecule is CCC1CCC(CNC(=O)C2(C)CCNC2)CC1.Cl. The van der Waals surface area contributed by atoms with Crippen LogP contribution in [0.4, 0.5) is 0 Å². The van der Waals surface area contributed by atoms with Crippen LogP contribution in [0.5, 0.6) is 0 Å². The number of hydrogen-bond acceptors (Lipinski definition) is 2. The maximum absolute atomic E-state index is 12.2. The fourth-order valence-corrected chi connectivity index (χ4v) is 3.31. The fourth-order valence-electron chi connectivity index (χ4n) is 3.31. The summed E-state index contributed by atoms with van der Waals surface area (Å²) in [7, 11) is 0. The summed E-state index contributed by atoms with van der Waals surface area (Å²) >= 11 is 0. The van der Waals surface area contributed by atoms with Crippen molar-refractivity contribution in [2.24, 2.45) is 17.3 Å². The van der Waals surface area contributed by atoms with Crippen LogP contribution in [0, 0.1) is 17.3 Å². The van der Waals surface area contributed by atoms with E-state index in [2.05, 4.69) is 24.5 Å². The predicted molar refractivity (Wildman–Crippen MR) is 81.6 cm³/mol. The van der Waals surface area contributed by atoms with Gasteiger partial charge in [0.1, 0.15) is 0 Å². The molecule has 0 spiro atoms. The minimum atomic E-state index is -0.166. The zero-order valence-electron chi connectivity index (χ0n) is 12.3. The molecule has 19 heavy (non-hydrogen) atoms. The molecule has 0 aromatic heterocycles. The van der Waals surface area contributed by atoms with E-state index in [1.165, 1.54) is 32.1 Å². The van der Waals surface area contributed by atoms with Gasteiger partial charge in [-0.15, -0.1) is 12.4 Å². The van der Waals surface area contributed by atoms with Crippen LogP contribution in [0.2, 0.25) is 0 Å². The first-order valence-electron chi connectivity index (χ1n) is 7.63. The summed E-state index contributed by atoms with van der Waals surface area (Å²) in [6.07, 6.45) is 7.61. The zero-order valence-corrected chi connectivity index (χ0v) is 13.2. The summed E-state index contributed by atoms with van der Waals surface area (Å²) in [5, 5.41) is 6.47. The van der Waals surface area contributed by atoms with Crippen molar-refractivity contribution >= 4 is 18.3 Å². The van der Waals surface area contributed by atoms with Gasteiger partial charge in [-0.3, -0.25) is 4.79 Å². The van der Waals surface area contributed by atoms with Gasteiger partial charge in [0, 0.05) is 13.1 Å². The molecule has 1 saturated carbocycles. The van der Waals surface area contributed by atoms with Crippen LogP contribution >= 0.6 is 12.4 Å². The summed E-state index contributed by atoms with van der Waals surface area (Å²) in [6, 6.07) is 0. The molecule has 2 N–H and O–H groups in total. The number of hydrogen-bond donors (Lipinski definition) is 2. The molecule has 1 heterocycles. The molecule has 1 atom stereocenters. The van der Waals surface area contributed by atoms with Gasteiger partial charge in [0.15, 0.2) is 0 Å². The molecule has 1 aliphatic carbocycles. The van der Waals surface area contributed by atoms with Crippen LogP contribution < -0.4 is 10.6 Å². The highest BCUT2D eigenvalue weighted by Gasteiger charge is 2.36. The standard InChI is InChI=1S/C15H28N2O.ClH/c1-3-12-4-6-13(7-5-12)10-17-14(18)15(2)8-9-16-11-15;/h12-13,16H,3-11H2,1-2H3,(H,17,18);1H. The molecular weight excluding hydrogens is 260 g/mol. The highest BCUT2D eigenvalue weighted by atomic mass is 35.5. The lowest BCUT2D eigenvalue weighted by molar-refractivity contribution is -0.129. The normalized spacial score (nSPS) is 34.6. The maximum Gasteiger partial charge on any atom is 0.227 e. The summed E-state index contributed by atoms with van der Waals surface area (Å²) in [5.41, 5.74) is -0.166. The quantitative estimate of drug-likeness (QED) is 0.835. The van der Waals surface area contributed by atoms with Gasteiger partial charge >= 0.3 is 0 Å². The third kappa shape index (κ3) is 4.35. The second-order valence-electron chi connectivity index (χ2n) is 6.49. The van der Waals surface area contributed by atoms with Gasteiger partial charge in [0.25, 0.3) is 0 Å². The van der Waals surface area contributed by atoms with E-state index in [9.17, 15) is 4.79 Å². The van der Waals surface area contributed by atoms with Crippen LogP contribution in [0.1, 0.15) is 52.4 Å². The Bertz CT molecular complexity index is 282. The molecule has 1 unspecified atom stereocenters. The van der Waals surface area contributed by atoms with E-state index in [-0.39, 0.29) is 23.7 Å². The van der Waals surface area contributed by atoms with Crippen molar-refractivity contribution in [1.29, 1.82) is 0 Å². The van der Waals surface area contributed by atoms with E-state index < -0.39 is 0 Å². The van der Waals surface area contributed by atoms with Gasteiger partial charge < -0.3 is 10.6 Å². The molecule has 2 fully saturated rings. The molecule has 4 heteroatoms. The number of rotatable bonds is 4. The zero-order chi connectivity index (χ0) is 13.0. The van der Waals surface area contributed by atoms with E-state index in [0.29, 0.717) is 0 Å². The first-order valence-corrected chi connectivity index (χ1v) is 7.63. The Morgan fingerprint density at radius 2 is 1.89 bits per heavy atom. The maximum atomic E-state index is 12.2. The molecule has 1 saturated heterocycles. The Morgan fingerprint density at radius 3 is 2.42 bits per heavy atom. The van der Waals surface area contributed by atoms with Crippen LogP contribution in [0.25, 0.3) is 0 Å². The van der Waals surface area contributed by atoms with Crippen molar-refractivity contribution in [2.75, 3.05) is 19.6 Å². The predicted octanol–water partition coefficient (Wildman–Crippen LogP) is 2.74. The lowest BCUT2D eigenvalue weighted by Gasteiger charge is -2.29. The smallest absolute Gasteiger partial charge is 0.227 e. The third-order valence-corrected chi connectivity index (χ3v) is 5.01. The minimum Gasteiger partial charge on any atom is -0.355 e. The molecular formula is C15H29ClN2O. The van der Waals surface area contributed by atoms with Crippen LogP contribution in [0.15, 0.2) is 0 Å². The van der Waals surface area contributed by atoms with E-state index >= 15 is 0 Å². The third-order valence-electron chi connectivity index (χ3n) is 5.01. The highest BCUT2D eigenvalue weighted by Crippen LogP contribution is 2.30. The number of carbonyl (C=O) groups is 1. The number of halogens is 1. The van der Waals surface area contributed by atoms with Crippen LogP contribution in [-0.2, 0) is 4.79 Å². The van der Waals surface area contributed by atoms with Crippen LogP contribution in [0.3, 0.4) is 0 Å². The fraction of sp³-hybridized carbons (Fsp3) is 0.933. The number of nitrogens with one attached hydrogen (secondary N) is 2. The largest absolute Gasteiger partial charge is 0.355 e. The molecule has 3 nitrogen and oxygen atoms in total. The summed E-state index contributed by atoms with van der Waals surface area (Å²) in [6.45, 7) is 7.08. The Hall–Kier alpha value is -0.280. The lowest BCUT2D eigenvalue weighted by Crippen LogP contribution is -2.42. The minimum absolute atomic E-state index is 0. The summed E-state index contributed by atoms with van der Waals surface area (Å²) < 4.78 is 0. The molecule has 2 rings (SSSR count). The second kappa shape index (κ2) is 7.49. The summed E-state index contributed by atoms with van der Waals surface area (Å²) in [4.78, 5) is 12.2. The van der Waals surface area contributed by atoms with E-state index in [4.69, 9.17) is 0 Å². The van der Waals surface area contributed by atoms with Crippen molar-refractivity contribution < 1.29 is 4.79 Å². The van der Waals surface area contributed by atoms with E-state index in [1.54, 1.807) is 0 Å². The van der Waals surface area contributed by atoms with Gasteiger partial charge in [0.2, 0.25) is 5.91 Å². The molecule has 0 bridgehead atoms. The highest BCUT2D eigenvalue weighted by molar-refractivity contribution is 5.85. The molecule has 0 aromatic carbocycles. The average Bonchev–Trinajstić information content (AvgIpc) is 2.85. The average molecular weight is 289 g/mol. The lowest BCUT2D eigenvalue weighted by atomic mass is 9.80. The molecule has 2 aliphatic rings. The van der Waals surface area contributed by atoms with Crippen molar-refractivity contribution in [3.8, 4) is 0 Å². The first kappa shape index (κ1) is 16.8. The number of carbonyl (C=O) groups excluding carboxylic acids is 1. The van der Waals surface area contributed by atoms with E-state index in [0.717, 1.165) is 37.9 Å². The molecule has 1 aliphatic heterocycles. The topological polar surface area (TPSA) is 41.1 Å². The van der Waals surface area contributed by atoms with Gasteiger partial charge in [-0.05, 0) is 44.6 Å². The second-order valence-corrected chi connectivity index (χ2v) is 6.49. The summed E-state index contributed by atoms with van der Waals surface area (Å²) in [5.74, 6) is 1.91. The Morgan fingerprint density at radius 1 is 1.26 bits per heavy atom. The number of amides is 1. The van der Waals surface area contributed by atoms with Crippen LogP contribution in [-0.4, -0.2) is 25.5 Å². The van der Waals surface area contributed by atoms with Gasteiger partial charge in [-0.1, -0.05) is 26.2 Å².